The third kappa shape index (κ3) is 63.3. The zero-order valence-electron chi connectivity index (χ0n) is 51.0. The number of esters is 3. The van der Waals surface area contributed by atoms with Crippen molar-refractivity contribution < 1.29 is 28.6 Å². The van der Waals surface area contributed by atoms with Crippen LogP contribution in [0.1, 0.15) is 329 Å². The third-order valence-corrected chi connectivity index (χ3v) is 14.4. The molecule has 0 radical (unpaired) electrons. The number of hydrogen-bond donors (Lipinski definition) is 0. The molecule has 1 atom stereocenters. The van der Waals surface area contributed by atoms with E-state index in [0.717, 1.165) is 122 Å². The Kier molecular flexibility index (Phi) is 62.2. The summed E-state index contributed by atoms with van der Waals surface area (Å²) in [7, 11) is 0. The highest BCUT2D eigenvalue weighted by Crippen LogP contribution is 2.17. The van der Waals surface area contributed by atoms with Crippen LogP contribution in [-0.4, -0.2) is 37.2 Å². The molecule has 0 N–H and O–H groups in total. The van der Waals surface area contributed by atoms with Crippen LogP contribution in [0.5, 0.6) is 0 Å². The summed E-state index contributed by atoms with van der Waals surface area (Å²) in [6.07, 6.45) is 86.1. The van der Waals surface area contributed by atoms with Gasteiger partial charge in [0.2, 0.25) is 0 Å². The van der Waals surface area contributed by atoms with Crippen molar-refractivity contribution in [2.75, 3.05) is 13.2 Å². The highest BCUT2D eigenvalue weighted by atomic mass is 16.6. The van der Waals surface area contributed by atoms with E-state index in [1.807, 2.05) is 0 Å². The summed E-state index contributed by atoms with van der Waals surface area (Å²) in [4.78, 5) is 38.2. The Morgan fingerprint density at radius 3 is 0.844 bits per heavy atom. The van der Waals surface area contributed by atoms with Gasteiger partial charge in [0.05, 0.1) is 0 Å². The van der Waals surface area contributed by atoms with Crippen LogP contribution in [0.15, 0.2) is 85.1 Å². The van der Waals surface area contributed by atoms with Crippen LogP contribution in [-0.2, 0) is 28.6 Å². The average Bonchev–Trinajstić information content (AvgIpc) is 3.43. The zero-order valence-corrected chi connectivity index (χ0v) is 51.0. The van der Waals surface area contributed by atoms with Gasteiger partial charge >= 0.3 is 17.9 Å². The molecule has 444 valence electrons. The highest BCUT2D eigenvalue weighted by Gasteiger charge is 2.19. The van der Waals surface area contributed by atoms with Gasteiger partial charge in [0.15, 0.2) is 6.10 Å². The van der Waals surface area contributed by atoms with Crippen molar-refractivity contribution in [1.82, 2.24) is 0 Å². The van der Waals surface area contributed by atoms with Gasteiger partial charge in [0.25, 0.3) is 0 Å². The molecule has 0 aliphatic carbocycles. The standard InChI is InChI=1S/C71H124O6/c1-4-7-10-13-16-19-22-25-26-27-28-29-30-31-32-33-34-35-36-37-38-39-40-41-42-43-44-47-49-52-55-58-61-64-70(73)76-67-68(77-71(74)65-62-59-56-53-50-46-24-21-18-15-12-9-6-3)66-75-69(72)63-60-57-54-51-48-45-23-20-17-14-11-8-5-2/h7,10,12,15-16,19,21,24-26,28-29,31-32,68H,4-6,8-9,11,13-14,17-18,20,22-23,27,30,33-67H2,1-3H3/b10-7-,15-12-,19-16-,24-21-,26-25-,29-28-,32-31-. The molecular formula is C71H124O6. The fraction of sp³-hybridized carbons (Fsp3) is 0.761. The monoisotopic (exact) mass is 1070 g/mol. The topological polar surface area (TPSA) is 78.9 Å². The smallest absolute Gasteiger partial charge is 0.306 e. The van der Waals surface area contributed by atoms with E-state index < -0.39 is 6.10 Å². The molecule has 0 fully saturated rings. The summed E-state index contributed by atoms with van der Waals surface area (Å²) in [5.41, 5.74) is 0. The Balaban J connectivity index is 4.11. The number of hydrogen-bond acceptors (Lipinski definition) is 6. The molecule has 0 aromatic rings. The summed E-state index contributed by atoms with van der Waals surface area (Å²) < 4.78 is 16.9. The number of unbranched alkanes of at least 4 members (excludes halogenated alkanes) is 35. The molecule has 0 bridgehead atoms. The van der Waals surface area contributed by atoms with Crippen LogP contribution < -0.4 is 0 Å². The van der Waals surface area contributed by atoms with Crippen molar-refractivity contribution in [3.63, 3.8) is 0 Å². The lowest BCUT2D eigenvalue weighted by molar-refractivity contribution is -0.167. The lowest BCUT2D eigenvalue weighted by Crippen LogP contribution is -2.30. The molecule has 0 aromatic heterocycles. The summed E-state index contributed by atoms with van der Waals surface area (Å²) in [5.74, 6) is -0.876. The molecule has 6 heteroatoms. The van der Waals surface area contributed by atoms with Crippen molar-refractivity contribution in [3.8, 4) is 0 Å². The number of allylic oxidation sites excluding steroid dienone is 14. The molecule has 0 aliphatic heterocycles. The van der Waals surface area contributed by atoms with Gasteiger partial charge in [-0.1, -0.05) is 305 Å². The summed E-state index contributed by atoms with van der Waals surface area (Å²) in [6, 6.07) is 0. The number of rotatable bonds is 60. The van der Waals surface area contributed by atoms with Crippen molar-refractivity contribution in [2.45, 2.75) is 335 Å². The van der Waals surface area contributed by atoms with E-state index in [4.69, 9.17) is 14.2 Å². The summed E-state index contributed by atoms with van der Waals surface area (Å²) >= 11 is 0. The minimum absolute atomic E-state index is 0.0769. The van der Waals surface area contributed by atoms with Crippen LogP contribution in [0.2, 0.25) is 0 Å². The second kappa shape index (κ2) is 65.1. The van der Waals surface area contributed by atoms with Crippen LogP contribution in [0.25, 0.3) is 0 Å². The maximum Gasteiger partial charge on any atom is 0.306 e. The van der Waals surface area contributed by atoms with Gasteiger partial charge in [0, 0.05) is 19.3 Å². The fourth-order valence-electron chi connectivity index (χ4n) is 9.45. The first-order valence-electron chi connectivity index (χ1n) is 33.1. The van der Waals surface area contributed by atoms with Crippen molar-refractivity contribution in [3.05, 3.63) is 85.1 Å². The second-order valence-electron chi connectivity index (χ2n) is 22.0. The lowest BCUT2D eigenvalue weighted by atomic mass is 10.0. The van der Waals surface area contributed by atoms with E-state index >= 15 is 0 Å². The largest absolute Gasteiger partial charge is 0.462 e. The Morgan fingerprint density at radius 2 is 0.532 bits per heavy atom. The first-order valence-corrected chi connectivity index (χ1v) is 33.1. The van der Waals surface area contributed by atoms with Gasteiger partial charge in [-0.25, -0.2) is 0 Å². The van der Waals surface area contributed by atoms with E-state index in [-0.39, 0.29) is 31.1 Å². The lowest BCUT2D eigenvalue weighted by Gasteiger charge is -2.18. The van der Waals surface area contributed by atoms with E-state index in [0.29, 0.717) is 19.3 Å². The Morgan fingerprint density at radius 1 is 0.273 bits per heavy atom. The predicted molar refractivity (Wildman–Crippen MR) is 334 cm³/mol. The highest BCUT2D eigenvalue weighted by molar-refractivity contribution is 5.71. The summed E-state index contributed by atoms with van der Waals surface area (Å²) in [5, 5.41) is 0. The van der Waals surface area contributed by atoms with Crippen LogP contribution in [0, 0.1) is 0 Å². The minimum atomic E-state index is -0.780. The molecule has 0 spiro atoms. The molecule has 77 heavy (non-hydrogen) atoms. The van der Waals surface area contributed by atoms with Gasteiger partial charge in [0.1, 0.15) is 13.2 Å². The Hall–Kier alpha value is -3.41. The average molecular weight is 1070 g/mol. The quantitative estimate of drug-likeness (QED) is 0.0261. The molecule has 0 heterocycles. The minimum Gasteiger partial charge on any atom is -0.462 e. The Bertz CT molecular complexity index is 1470. The van der Waals surface area contributed by atoms with Gasteiger partial charge in [-0.15, -0.1) is 0 Å². The predicted octanol–water partition coefficient (Wildman–Crippen LogP) is 22.7. The second-order valence-corrected chi connectivity index (χ2v) is 22.0. The fourth-order valence-corrected chi connectivity index (χ4v) is 9.45. The van der Waals surface area contributed by atoms with E-state index in [1.54, 1.807) is 0 Å². The third-order valence-electron chi connectivity index (χ3n) is 14.4. The van der Waals surface area contributed by atoms with E-state index in [1.165, 1.54) is 167 Å². The van der Waals surface area contributed by atoms with Crippen LogP contribution in [0.4, 0.5) is 0 Å². The van der Waals surface area contributed by atoms with Gasteiger partial charge in [-0.2, -0.15) is 0 Å². The molecule has 6 nitrogen and oxygen atoms in total. The molecule has 1 unspecified atom stereocenters. The number of carbonyl (C=O) groups is 3. The molecular weight excluding hydrogens is 949 g/mol. The molecule has 0 aromatic carbocycles. The maximum atomic E-state index is 12.9. The van der Waals surface area contributed by atoms with Crippen molar-refractivity contribution >= 4 is 17.9 Å². The first kappa shape index (κ1) is 73.6. The number of ether oxygens (including phenoxy) is 3. The molecule has 0 aliphatic rings. The zero-order chi connectivity index (χ0) is 55.7. The van der Waals surface area contributed by atoms with Crippen LogP contribution in [0.3, 0.4) is 0 Å². The van der Waals surface area contributed by atoms with Gasteiger partial charge < -0.3 is 14.2 Å². The molecule has 0 saturated carbocycles. The molecule has 0 amide bonds. The maximum absolute atomic E-state index is 12.9. The summed E-state index contributed by atoms with van der Waals surface area (Å²) in [6.45, 7) is 6.48. The van der Waals surface area contributed by atoms with E-state index in [2.05, 4.69) is 106 Å². The van der Waals surface area contributed by atoms with Gasteiger partial charge in [-0.3, -0.25) is 14.4 Å². The van der Waals surface area contributed by atoms with E-state index in [9.17, 15) is 14.4 Å². The SMILES string of the molecule is CC/C=C\C/C=C\C/C=C\C/C=C\C/C=C\CCCCCCCCCCCCCCCCCCCC(=O)OCC(COC(=O)CCCCCCCCCCCCCCC)OC(=O)CCCCCCC/C=C\C/C=C\CCC. The molecule has 0 rings (SSSR count). The van der Waals surface area contributed by atoms with Gasteiger partial charge in [-0.05, 0) is 89.9 Å². The van der Waals surface area contributed by atoms with Crippen molar-refractivity contribution in [1.29, 1.82) is 0 Å². The van der Waals surface area contributed by atoms with Crippen molar-refractivity contribution in [2.24, 2.45) is 0 Å². The number of carbonyl (C=O) groups excluding carboxylic acids is 3. The molecule has 0 saturated heterocycles. The normalized spacial score (nSPS) is 12.6. The van der Waals surface area contributed by atoms with Crippen LogP contribution >= 0.6 is 0 Å². The first-order chi connectivity index (χ1) is 38.0. The Labute approximate surface area is 477 Å².